The van der Waals surface area contributed by atoms with Crippen LogP contribution in [0.4, 0.5) is 28.9 Å². The fourth-order valence-corrected chi connectivity index (χ4v) is 3.87. The quantitative estimate of drug-likeness (QED) is 0.353. The molecular weight excluding hydrogens is 498 g/mol. The lowest BCUT2D eigenvalue weighted by atomic mass is 10.1. The number of hydrogen-bond acceptors (Lipinski definition) is 7. The number of fused-ring (bicyclic) bond motifs is 2. The monoisotopic (exact) mass is 519 g/mol. The smallest absolute Gasteiger partial charge is 0.475 e. The highest BCUT2D eigenvalue weighted by Crippen LogP contribution is 2.28. The predicted octanol–water partition coefficient (Wildman–Crippen LogP) is 3.02. The number of nitrogens with one attached hydrogen (secondary N) is 2. The number of piperazine rings is 1. The molecule has 5 rings (SSSR count). The third-order valence-corrected chi connectivity index (χ3v) is 5.49. The number of carbonyl (C=O) groups is 2. The summed E-state index contributed by atoms with van der Waals surface area (Å²) in [6.45, 7) is 5.30. The second-order valence-corrected chi connectivity index (χ2v) is 8.11. The minimum atomic E-state index is -5.08. The van der Waals surface area contributed by atoms with Crippen LogP contribution in [0, 0.1) is 12.7 Å². The van der Waals surface area contributed by atoms with Crippen molar-refractivity contribution in [3.8, 4) is 0 Å². The van der Waals surface area contributed by atoms with E-state index in [-0.39, 0.29) is 11.6 Å². The summed E-state index contributed by atoms with van der Waals surface area (Å²) in [6.07, 6.45) is -0.157. The number of pyridine rings is 1. The molecule has 0 radical (unpaired) electrons. The average Bonchev–Trinajstić information content (AvgIpc) is 3.24. The maximum Gasteiger partial charge on any atom is 0.490 e. The van der Waals surface area contributed by atoms with Crippen LogP contribution in [-0.2, 0) is 4.79 Å². The van der Waals surface area contributed by atoms with E-state index < -0.39 is 18.0 Å². The van der Waals surface area contributed by atoms with E-state index >= 15 is 0 Å². The molecular formula is C23H21F4N7O3. The first-order valence-corrected chi connectivity index (χ1v) is 11.0. The zero-order valence-electron chi connectivity index (χ0n) is 19.4. The third-order valence-electron chi connectivity index (χ3n) is 5.49. The van der Waals surface area contributed by atoms with Gasteiger partial charge in [-0.3, -0.25) is 4.79 Å². The summed E-state index contributed by atoms with van der Waals surface area (Å²) in [6, 6.07) is 6.75. The van der Waals surface area contributed by atoms with Crippen molar-refractivity contribution in [1.29, 1.82) is 0 Å². The van der Waals surface area contributed by atoms with Crippen LogP contribution in [0.5, 0.6) is 0 Å². The minimum Gasteiger partial charge on any atom is -0.475 e. The summed E-state index contributed by atoms with van der Waals surface area (Å²) >= 11 is 0. The Bertz CT molecular complexity index is 1470. The largest absolute Gasteiger partial charge is 0.490 e. The normalized spacial score (nSPS) is 13.8. The maximum absolute atomic E-state index is 14.4. The Morgan fingerprint density at radius 1 is 1.14 bits per heavy atom. The molecule has 1 fully saturated rings. The zero-order chi connectivity index (χ0) is 26.7. The van der Waals surface area contributed by atoms with Crippen LogP contribution in [0.2, 0.25) is 0 Å². The SMILES string of the molecule is Cc1cn2cc(NC(=O)c3ccc(N4CCNCC4)c4nnccc34)cc(F)c2n1.O=C(O)C(F)(F)F. The van der Waals surface area contributed by atoms with Crippen molar-refractivity contribution >= 4 is 39.8 Å². The predicted molar refractivity (Wildman–Crippen MR) is 126 cm³/mol. The van der Waals surface area contributed by atoms with Crippen LogP contribution >= 0.6 is 0 Å². The number of hydrogen-bond donors (Lipinski definition) is 3. The van der Waals surface area contributed by atoms with Gasteiger partial charge in [-0.25, -0.2) is 14.2 Å². The maximum atomic E-state index is 14.4. The highest BCUT2D eigenvalue weighted by Gasteiger charge is 2.38. The molecule has 1 aliphatic rings. The van der Waals surface area contributed by atoms with E-state index in [0.29, 0.717) is 27.8 Å². The lowest BCUT2D eigenvalue weighted by molar-refractivity contribution is -0.192. The molecule has 3 aromatic heterocycles. The van der Waals surface area contributed by atoms with Gasteiger partial charge < -0.3 is 25.0 Å². The Morgan fingerprint density at radius 3 is 2.51 bits per heavy atom. The van der Waals surface area contributed by atoms with Crippen molar-refractivity contribution in [2.24, 2.45) is 0 Å². The van der Waals surface area contributed by atoms with Crippen molar-refractivity contribution in [1.82, 2.24) is 24.9 Å². The van der Waals surface area contributed by atoms with Crippen LogP contribution < -0.4 is 15.5 Å². The number of nitrogens with zero attached hydrogens (tertiary/aromatic N) is 5. The van der Waals surface area contributed by atoms with E-state index in [1.807, 2.05) is 6.07 Å². The van der Waals surface area contributed by atoms with Gasteiger partial charge in [0.25, 0.3) is 5.91 Å². The van der Waals surface area contributed by atoms with Gasteiger partial charge in [-0.1, -0.05) is 0 Å². The standard InChI is InChI=1S/C21H20FN7O.C2HF3O2/c1-13-11-29-12-14(10-17(22)20(29)25-13)26-21(30)16-2-3-18(28-8-6-23-7-9-28)19-15(16)4-5-24-27-19;3-2(4,5)1(6)7/h2-5,10-12,23H,6-9H2,1H3,(H,26,30);(H,6,7). The number of aliphatic carboxylic acids is 1. The van der Waals surface area contributed by atoms with Crippen LogP contribution in [-0.4, -0.2) is 68.9 Å². The molecule has 3 N–H and O–H groups in total. The van der Waals surface area contributed by atoms with Crippen LogP contribution in [0.25, 0.3) is 16.6 Å². The molecule has 0 spiro atoms. The Hall–Kier alpha value is -4.33. The van der Waals surface area contributed by atoms with E-state index in [1.54, 1.807) is 42.0 Å². The Kier molecular flexibility index (Phi) is 7.20. The number of carboxylic acids is 1. The molecule has 14 heteroatoms. The van der Waals surface area contributed by atoms with Gasteiger partial charge in [-0.05, 0) is 25.1 Å². The fourth-order valence-electron chi connectivity index (χ4n) is 3.87. The first-order valence-electron chi connectivity index (χ1n) is 11.0. The highest BCUT2D eigenvalue weighted by atomic mass is 19.4. The van der Waals surface area contributed by atoms with Crippen molar-refractivity contribution in [2.75, 3.05) is 36.4 Å². The molecule has 0 unspecified atom stereocenters. The van der Waals surface area contributed by atoms with E-state index in [4.69, 9.17) is 9.90 Å². The number of imidazole rings is 1. The van der Waals surface area contributed by atoms with Crippen molar-refractivity contribution in [2.45, 2.75) is 13.1 Å². The molecule has 10 nitrogen and oxygen atoms in total. The Balaban J connectivity index is 0.000000405. The van der Waals surface area contributed by atoms with Gasteiger partial charge in [0.1, 0.15) is 5.52 Å². The molecule has 1 aromatic carbocycles. The number of anilines is 2. The van der Waals surface area contributed by atoms with Gasteiger partial charge in [0, 0.05) is 55.6 Å². The number of amides is 1. The number of carbonyl (C=O) groups excluding carboxylic acids is 1. The molecule has 4 heterocycles. The molecule has 4 aromatic rings. The lowest BCUT2D eigenvalue weighted by Crippen LogP contribution is -2.43. The number of rotatable bonds is 3. The molecule has 0 bridgehead atoms. The summed E-state index contributed by atoms with van der Waals surface area (Å²) in [5.74, 6) is -3.59. The average molecular weight is 519 g/mol. The molecule has 0 atom stereocenters. The van der Waals surface area contributed by atoms with E-state index in [2.05, 4.69) is 30.7 Å². The van der Waals surface area contributed by atoms with Gasteiger partial charge in [-0.2, -0.15) is 18.3 Å². The van der Waals surface area contributed by atoms with Gasteiger partial charge in [0.15, 0.2) is 11.5 Å². The van der Waals surface area contributed by atoms with Crippen molar-refractivity contribution in [3.05, 3.63) is 59.9 Å². The third kappa shape index (κ3) is 5.74. The fraction of sp³-hybridized carbons (Fsp3) is 0.261. The number of carboxylic acid groups (broad SMARTS) is 1. The van der Waals surface area contributed by atoms with Crippen LogP contribution in [0.3, 0.4) is 0 Å². The molecule has 1 aliphatic heterocycles. The number of benzene rings is 1. The first kappa shape index (κ1) is 25.8. The Labute approximate surface area is 206 Å². The molecule has 0 saturated carbocycles. The van der Waals surface area contributed by atoms with Gasteiger partial charge in [0.2, 0.25) is 0 Å². The molecule has 194 valence electrons. The minimum absolute atomic E-state index is 0.228. The first-order chi connectivity index (χ1) is 17.5. The number of aromatic nitrogens is 4. The van der Waals surface area contributed by atoms with E-state index in [9.17, 15) is 22.4 Å². The number of alkyl halides is 3. The zero-order valence-corrected chi connectivity index (χ0v) is 19.4. The Morgan fingerprint density at radius 2 is 1.84 bits per heavy atom. The molecule has 0 aliphatic carbocycles. The van der Waals surface area contributed by atoms with E-state index in [0.717, 1.165) is 31.9 Å². The van der Waals surface area contributed by atoms with Crippen LogP contribution in [0.15, 0.2) is 42.9 Å². The number of aryl methyl sites for hydroxylation is 1. The summed E-state index contributed by atoms with van der Waals surface area (Å²) in [4.78, 5) is 28.3. The summed E-state index contributed by atoms with van der Waals surface area (Å²) in [7, 11) is 0. The van der Waals surface area contributed by atoms with Crippen LogP contribution in [0.1, 0.15) is 16.1 Å². The lowest BCUT2D eigenvalue weighted by Gasteiger charge is -2.30. The second kappa shape index (κ2) is 10.3. The molecule has 1 amide bonds. The van der Waals surface area contributed by atoms with Gasteiger partial charge in [-0.15, -0.1) is 5.10 Å². The summed E-state index contributed by atoms with van der Waals surface area (Å²) in [5.41, 5.74) is 3.37. The molecule has 1 saturated heterocycles. The summed E-state index contributed by atoms with van der Waals surface area (Å²) in [5, 5.41) is 22.3. The number of halogens is 4. The summed E-state index contributed by atoms with van der Waals surface area (Å²) < 4.78 is 47.7. The molecule has 37 heavy (non-hydrogen) atoms. The second-order valence-electron chi connectivity index (χ2n) is 8.11. The highest BCUT2D eigenvalue weighted by molar-refractivity contribution is 6.14. The van der Waals surface area contributed by atoms with E-state index in [1.165, 1.54) is 6.07 Å². The van der Waals surface area contributed by atoms with Gasteiger partial charge in [0.05, 0.1) is 23.3 Å². The van der Waals surface area contributed by atoms with Gasteiger partial charge >= 0.3 is 12.1 Å². The van der Waals surface area contributed by atoms with Crippen molar-refractivity contribution in [3.63, 3.8) is 0 Å². The topological polar surface area (TPSA) is 125 Å². The van der Waals surface area contributed by atoms with Crippen molar-refractivity contribution < 1.29 is 32.3 Å².